The number of methoxy groups -OCH3 is 1. The van der Waals surface area contributed by atoms with E-state index < -0.39 is 21.0 Å². The summed E-state index contributed by atoms with van der Waals surface area (Å²) < 4.78 is 30.2. The van der Waals surface area contributed by atoms with Gasteiger partial charge in [-0.25, -0.2) is 8.42 Å². The first-order valence-electron chi connectivity index (χ1n) is 8.46. The second-order valence-electron chi connectivity index (χ2n) is 6.77. The summed E-state index contributed by atoms with van der Waals surface area (Å²) in [4.78, 5) is 12.3. The predicted octanol–water partition coefficient (Wildman–Crippen LogP) is 2.69. The van der Waals surface area contributed by atoms with Crippen LogP contribution in [-0.4, -0.2) is 32.7 Å². The van der Waals surface area contributed by atoms with Gasteiger partial charge in [-0.2, -0.15) is 0 Å². The van der Waals surface area contributed by atoms with Crippen molar-refractivity contribution in [2.75, 3.05) is 7.11 Å². The van der Waals surface area contributed by atoms with Gasteiger partial charge in [0.15, 0.2) is 9.84 Å². The summed E-state index contributed by atoms with van der Waals surface area (Å²) in [5.74, 6) is 0.737. The van der Waals surface area contributed by atoms with Crippen LogP contribution in [0, 0.1) is 5.92 Å². The van der Waals surface area contributed by atoms with Crippen LogP contribution in [0.4, 0.5) is 0 Å². The van der Waals surface area contributed by atoms with E-state index in [2.05, 4.69) is 12.2 Å². The number of carbonyl (C=O) groups is 1. The highest BCUT2D eigenvalue weighted by Gasteiger charge is 2.30. The molecule has 0 saturated heterocycles. The molecule has 1 atom stereocenters. The van der Waals surface area contributed by atoms with Crippen LogP contribution >= 0.6 is 0 Å². The third-order valence-electron chi connectivity index (χ3n) is 4.77. The largest absolute Gasteiger partial charge is 0.497 e. The topological polar surface area (TPSA) is 72.5 Å². The Bertz CT molecular complexity index is 663. The highest BCUT2D eigenvalue weighted by molar-refractivity contribution is 7.92. The first-order valence-corrected chi connectivity index (χ1v) is 10.2. The van der Waals surface area contributed by atoms with Crippen LogP contribution < -0.4 is 10.1 Å². The molecule has 0 spiro atoms. The lowest BCUT2D eigenvalue weighted by atomic mass is 9.87. The van der Waals surface area contributed by atoms with Crippen LogP contribution in [0.1, 0.15) is 45.1 Å². The first kappa shape index (κ1) is 18.8. The second-order valence-corrected chi connectivity index (χ2v) is 9.09. The molecule has 0 bridgehead atoms. The van der Waals surface area contributed by atoms with Gasteiger partial charge >= 0.3 is 0 Å². The molecule has 1 N–H and O–H groups in total. The van der Waals surface area contributed by atoms with Crippen molar-refractivity contribution >= 4 is 15.7 Å². The number of sulfone groups is 1. The number of rotatable bonds is 6. The van der Waals surface area contributed by atoms with Gasteiger partial charge in [0.25, 0.3) is 0 Å². The number of carbonyl (C=O) groups excluding carboxylic acids is 1. The zero-order valence-corrected chi connectivity index (χ0v) is 15.4. The molecular weight excluding hydrogens is 326 g/mol. The van der Waals surface area contributed by atoms with Crippen molar-refractivity contribution in [3.8, 4) is 5.75 Å². The van der Waals surface area contributed by atoms with Gasteiger partial charge in [0.1, 0.15) is 11.0 Å². The van der Waals surface area contributed by atoms with Crippen LogP contribution in [0.2, 0.25) is 0 Å². The molecule has 1 amide bonds. The average molecular weight is 353 g/mol. The van der Waals surface area contributed by atoms with Gasteiger partial charge in [0, 0.05) is 6.04 Å². The van der Waals surface area contributed by atoms with Crippen molar-refractivity contribution in [3.05, 3.63) is 29.8 Å². The van der Waals surface area contributed by atoms with Gasteiger partial charge in [0.2, 0.25) is 5.91 Å². The maximum absolute atomic E-state index is 12.5. The Kier molecular flexibility index (Phi) is 6.27. The number of benzene rings is 1. The van der Waals surface area contributed by atoms with Gasteiger partial charge in [-0.15, -0.1) is 0 Å². The quantitative estimate of drug-likeness (QED) is 0.853. The predicted molar refractivity (Wildman–Crippen MR) is 94.6 cm³/mol. The van der Waals surface area contributed by atoms with Gasteiger partial charge in [-0.1, -0.05) is 19.1 Å². The summed E-state index contributed by atoms with van der Waals surface area (Å²) in [5.41, 5.74) is 0.625. The number of ether oxygens (including phenoxy) is 1. The monoisotopic (exact) mass is 353 g/mol. The minimum atomic E-state index is -3.57. The van der Waals surface area contributed by atoms with E-state index in [0.29, 0.717) is 17.2 Å². The fraction of sp³-hybridized carbons (Fsp3) is 0.611. The Labute approximate surface area is 144 Å². The molecule has 5 nitrogen and oxygen atoms in total. The minimum absolute atomic E-state index is 0.100. The van der Waals surface area contributed by atoms with Gasteiger partial charge in [-0.3, -0.25) is 4.79 Å². The molecule has 6 heteroatoms. The number of nitrogens with one attached hydrogen (secondary N) is 1. The molecule has 0 heterocycles. The van der Waals surface area contributed by atoms with Crippen LogP contribution in [0.15, 0.2) is 24.3 Å². The summed E-state index contributed by atoms with van der Waals surface area (Å²) in [6.45, 7) is 3.68. The molecule has 1 aromatic carbocycles. The molecule has 1 saturated carbocycles. The highest BCUT2D eigenvalue weighted by atomic mass is 32.2. The van der Waals surface area contributed by atoms with Crippen molar-refractivity contribution in [1.29, 1.82) is 0 Å². The Morgan fingerprint density at radius 3 is 2.58 bits per heavy atom. The third-order valence-corrected chi connectivity index (χ3v) is 6.80. The van der Waals surface area contributed by atoms with Gasteiger partial charge in [-0.05, 0) is 56.2 Å². The zero-order chi connectivity index (χ0) is 17.7. The second kappa shape index (κ2) is 8.01. The molecule has 24 heavy (non-hydrogen) atoms. The third kappa shape index (κ3) is 4.97. The molecule has 0 aliphatic heterocycles. The van der Waals surface area contributed by atoms with Crippen LogP contribution in [0.3, 0.4) is 0 Å². The Balaban J connectivity index is 1.98. The first-order chi connectivity index (χ1) is 11.3. The SMILES string of the molecule is COc1cccc(CS(=O)(=O)C(C)C(=O)NC2CCC(C)CC2)c1. The molecule has 1 fully saturated rings. The lowest BCUT2D eigenvalue weighted by Crippen LogP contribution is -2.44. The molecular formula is C18H27NO4S. The molecule has 0 aromatic heterocycles. The van der Waals surface area contributed by atoms with E-state index in [4.69, 9.17) is 4.74 Å². The Morgan fingerprint density at radius 2 is 1.96 bits per heavy atom. The lowest BCUT2D eigenvalue weighted by Gasteiger charge is -2.27. The van der Waals surface area contributed by atoms with Crippen molar-refractivity contribution in [3.63, 3.8) is 0 Å². The smallest absolute Gasteiger partial charge is 0.238 e. The molecule has 2 rings (SSSR count). The molecule has 1 aliphatic rings. The fourth-order valence-electron chi connectivity index (χ4n) is 3.01. The lowest BCUT2D eigenvalue weighted by molar-refractivity contribution is -0.121. The Morgan fingerprint density at radius 1 is 1.29 bits per heavy atom. The van der Waals surface area contributed by atoms with Gasteiger partial charge in [0.05, 0.1) is 12.9 Å². The number of hydrogen-bond acceptors (Lipinski definition) is 4. The molecule has 0 radical (unpaired) electrons. The summed E-state index contributed by atoms with van der Waals surface area (Å²) in [5, 5.41) is 1.86. The van der Waals surface area contributed by atoms with E-state index in [0.717, 1.165) is 25.7 Å². The number of hydrogen-bond donors (Lipinski definition) is 1. The molecule has 1 unspecified atom stereocenters. The van der Waals surface area contributed by atoms with E-state index in [9.17, 15) is 13.2 Å². The van der Waals surface area contributed by atoms with Gasteiger partial charge < -0.3 is 10.1 Å². The highest BCUT2D eigenvalue weighted by Crippen LogP contribution is 2.24. The molecule has 1 aliphatic carbocycles. The van der Waals surface area contributed by atoms with E-state index in [1.165, 1.54) is 14.0 Å². The van der Waals surface area contributed by atoms with Crippen LogP contribution in [0.5, 0.6) is 5.75 Å². The minimum Gasteiger partial charge on any atom is -0.497 e. The summed E-state index contributed by atoms with van der Waals surface area (Å²) in [6, 6.07) is 7.02. The number of amides is 1. The van der Waals surface area contributed by atoms with Crippen molar-refractivity contribution in [2.45, 2.75) is 56.6 Å². The summed E-state index contributed by atoms with van der Waals surface area (Å²) >= 11 is 0. The average Bonchev–Trinajstić information content (AvgIpc) is 2.56. The van der Waals surface area contributed by atoms with E-state index in [1.54, 1.807) is 24.3 Å². The molecule has 1 aromatic rings. The van der Waals surface area contributed by atoms with E-state index >= 15 is 0 Å². The maximum Gasteiger partial charge on any atom is 0.238 e. The summed E-state index contributed by atoms with van der Waals surface area (Å²) in [7, 11) is -2.03. The van der Waals surface area contributed by atoms with Crippen molar-refractivity contribution in [1.82, 2.24) is 5.32 Å². The summed E-state index contributed by atoms with van der Waals surface area (Å²) in [6.07, 6.45) is 4.01. The molecule has 134 valence electrons. The maximum atomic E-state index is 12.5. The standard InChI is InChI=1S/C18H27NO4S/c1-13-7-9-16(10-8-13)19-18(20)14(2)24(21,22)12-15-5-4-6-17(11-15)23-3/h4-6,11,13-14,16H,7-10,12H2,1-3H3,(H,19,20). The Hall–Kier alpha value is -1.56. The van der Waals surface area contributed by atoms with Crippen molar-refractivity contribution < 1.29 is 17.9 Å². The van der Waals surface area contributed by atoms with Crippen molar-refractivity contribution in [2.24, 2.45) is 5.92 Å². The zero-order valence-electron chi connectivity index (χ0n) is 14.6. The normalized spacial score (nSPS) is 22.6. The van der Waals surface area contributed by atoms with E-state index in [1.807, 2.05) is 0 Å². The van der Waals surface area contributed by atoms with E-state index in [-0.39, 0.29) is 11.8 Å². The van der Waals surface area contributed by atoms with Crippen LogP contribution in [-0.2, 0) is 20.4 Å². The van der Waals surface area contributed by atoms with Crippen LogP contribution in [0.25, 0.3) is 0 Å². The fourth-order valence-corrected chi connectivity index (χ4v) is 4.29.